The third-order valence-corrected chi connectivity index (χ3v) is 1.95. The number of carbonyl (C=O) groups is 2. The van der Waals surface area contributed by atoms with Crippen LogP contribution >= 0.6 is 0 Å². The van der Waals surface area contributed by atoms with E-state index in [4.69, 9.17) is 5.73 Å². The number of nitrogens with zero attached hydrogens (tertiary/aromatic N) is 1. The van der Waals surface area contributed by atoms with Gasteiger partial charge in [0.25, 0.3) is 0 Å². The van der Waals surface area contributed by atoms with E-state index in [0.29, 0.717) is 13.0 Å². The van der Waals surface area contributed by atoms with Gasteiger partial charge in [-0.05, 0) is 6.42 Å². The Morgan fingerprint density at radius 3 is 2.92 bits per heavy atom. The zero-order chi connectivity index (χ0) is 9.14. The summed E-state index contributed by atoms with van der Waals surface area (Å²) in [7, 11) is 1.54. The summed E-state index contributed by atoms with van der Waals surface area (Å²) in [6.07, 6.45) is 0.649. The van der Waals surface area contributed by atoms with Gasteiger partial charge in [-0.2, -0.15) is 0 Å². The molecule has 0 saturated carbocycles. The van der Waals surface area contributed by atoms with Crippen LogP contribution in [0.25, 0.3) is 0 Å². The van der Waals surface area contributed by atoms with Gasteiger partial charge in [-0.1, -0.05) is 0 Å². The largest absolute Gasteiger partial charge is 0.358 e. The van der Waals surface area contributed by atoms with Crippen LogP contribution in [0, 0.1) is 0 Å². The van der Waals surface area contributed by atoms with Gasteiger partial charge in [0.2, 0.25) is 11.8 Å². The van der Waals surface area contributed by atoms with Crippen LogP contribution < -0.4 is 11.1 Å². The molecule has 1 unspecified atom stereocenters. The average molecular weight is 171 g/mol. The van der Waals surface area contributed by atoms with E-state index in [-0.39, 0.29) is 18.4 Å². The van der Waals surface area contributed by atoms with Crippen LogP contribution in [0.1, 0.15) is 6.42 Å². The molecule has 0 spiro atoms. The van der Waals surface area contributed by atoms with E-state index >= 15 is 0 Å². The smallest absolute Gasteiger partial charge is 0.240 e. The molecule has 1 fully saturated rings. The molecule has 12 heavy (non-hydrogen) atoms. The minimum absolute atomic E-state index is 0.126. The molecule has 3 N–H and O–H groups in total. The summed E-state index contributed by atoms with van der Waals surface area (Å²) < 4.78 is 0. The van der Waals surface area contributed by atoms with Crippen LogP contribution in [0.2, 0.25) is 0 Å². The summed E-state index contributed by atoms with van der Waals surface area (Å²) in [6.45, 7) is 0.719. The summed E-state index contributed by atoms with van der Waals surface area (Å²) in [6, 6.07) is -0.408. The topological polar surface area (TPSA) is 75.4 Å². The normalized spacial score (nSPS) is 23.0. The van der Waals surface area contributed by atoms with Crippen molar-refractivity contribution in [3.05, 3.63) is 0 Å². The van der Waals surface area contributed by atoms with Crippen LogP contribution in [0.3, 0.4) is 0 Å². The molecule has 2 amide bonds. The molecule has 1 aliphatic rings. The van der Waals surface area contributed by atoms with Crippen molar-refractivity contribution in [3.63, 3.8) is 0 Å². The number of nitrogens with two attached hydrogens (primary N) is 1. The molecule has 5 nitrogen and oxygen atoms in total. The molecule has 1 heterocycles. The number of likely N-dealkylation sites (N-methyl/N-ethyl adjacent to an activating group) is 1. The number of likely N-dealkylation sites (tertiary alicyclic amines) is 1. The van der Waals surface area contributed by atoms with Crippen LogP contribution in [0.5, 0.6) is 0 Å². The Bertz CT molecular complexity index is 205. The summed E-state index contributed by atoms with van der Waals surface area (Å²) in [4.78, 5) is 23.5. The number of carbonyl (C=O) groups excluding carboxylic acids is 2. The first kappa shape index (κ1) is 8.99. The fraction of sp³-hybridized carbons (Fsp3) is 0.714. The molecule has 0 radical (unpaired) electrons. The van der Waals surface area contributed by atoms with Crippen LogP contribution in [0.4, 0.5) is 0 Å². The molecular formula is C7H13N3O2. The monoisotopic (exact) mass is 171 g/mol. The zero-order valence-corrected chi connectivity index (χ0v) is 7.04. The second-order valence-electron chi connectivity index (χ2n) is 2.83. The Kier molecular flexibility index (Phi) is 2.65. The molecular weight excluding hydrogens is 158 g/mol. The van der Waals surface area contributed by atoms with Gasteiger partial charge < -0.3 is 16.0 Å². The first-order valence-corrected chi connectivity index (χ1v) is 3.90. The molecule has 0 aromatic rings. The van der Waals surface area contributed by atoms with Crippen molar-refractivity contribution >= 4 is 11.8 Å². The Morgan fingerprint density at radius 1 is 1.83 bits per heavy atom. The lowest BCUT2D eigenvalue weighted by atomic mass is 10.3. The third kappa shape index (κ3) is 1.73. The SMILES string of the molecule is CNC(=O)CN1CCC(N)C1=O. The van der Waals surface area contributed by atoms with Gasteiger partial charge in [0, 0.05) is 13.6 Å². The van der Waals surface area contributed by atoms with E-state index in [1.165, 1.54) is 4.90 Å². The number of rotatable bonds is 2. The van der Waals surface area contributed by atoms with Crippen LogP contribution in [-0.4, -0.2) is 42.9 Å². The van der Waals surface area contributed by atoms with Crippen molar-refractivity contribution in [2.45, 2.75) is 12.5 Å². The summed E-state index contributed by atoms with van der Waals surface area (Å²) in [5.74, 6) is -0.281. The maximum absolute atomic E-state index is 11.2. The molecule has 0 aliphatic carbocycles. The lowest BCUT2D eigenvalue weighted by Crippen LogP contribution is -2.40. The van der Waals surface area contributed by atoms with E-state index in [0.717, 1.165) is 0 Å². The van der Waals surface area contributed by atoms with Gasteiger partial charge in [-0.25, -0.2) is 0 Å². The molecule has 1 saturated heterocycles. The number of amides is 2. The Balaban J connectivity index is 2.44. The quantitative estimate of drug-likeness (QED) is 0.519. The highest BCUT2D eigenvalue weighted by molar-refractivity contribution is 5.88. The molecule has 68 valence electrons. The van der Waals surface area contributed by atoms with Crippen LogP contribution in [0.15, 0.2) is 0 Å². The van der Waals surface area contributed by atoms with Gasteiger partial charge in [0.05, 0.1) is 12.6 Å². The third-order valence-electron chi connectivity index (χ3n) is 1.95. The van der Waals surface area contributed by atoms with Gasteiger partial charge in [0.15, 0.2) is 0 Å². The Hall–Kier alpha value is -1.10. The van der Waals surface area contributed by atoms with Gasteiger partial charge >= 0.3 is 0 Å². The zero-order valence-electron chi connectivity index (χ0n) is 7.04. The maximum atomic E-state index is 11.2. The Labute approximate surface area is 70.9 Å². The second kappa shape index (κ2) is 3.53. The average Bonchev–Trinajstić information content (AvgIpc) is 2.36. The van der Waals surface area contributed by atoms with E-state index in [9.17, 15) is 9.59 Å². The highest BCUT2D eigenvalue weighted by Gasteiger charge is 2.29. The Morgan fingerprint density at radius 2 is 2.50 bits per heavy atom. The lowest BCUT2D eigenvalue weighted by molar-refractivity contribution is -0.133. The fourth-order valence-electron chi connectivity index (χ4n) is 1.17. The second-order valence-corrected chi connectivity index (χ2v) is 2.83. The maximum Gasteiger partial charge on any atom is 0.240 e. The predicted octanol–water partition coefficient (Wildman–Crippen LogP) is -1.71. The molecule has 1 atom stereocenters. The summed E-state index contributed by atoms with van der Waals surface area (Å²) in [5.41, 5.74) is 5.46. The molecule has 0 aromatic carbocycles. The van der Waals surface area contributed by atoms with Crippen molar-refractivity contribution in [2.75, 3.05) is 20.1 Å². The highest BCUT2D eigenvalue weighted by Crippen LogP contribution is 2.07. The van der Waals surface area contributed by atoms with Crippen molar-refractivity contribution in [3.8, 4) is 0 Å². The fourth-order valence-corrected chi connectivity index (χ4v) is 1.17. The minimum Gasteiger partial charge on any atom is -0.358 e. The van der Waals surface area contributed by atoms with Crippen molar-refractivity contribution in [1.29, 1.82) is 0 Å². The minimum atomic E-state index is -0.408. The van der Waals surface area contributed by atoms with Crippen LogP contribution in [-0.2, 0) is 9.59 Å². The highest BCUT2D eigenvalue weighted by atomic mass is 16.2. The standard InChI is InChI=1S/C7H13N3O2/c1-9-6(11)4-10-3-2-5(8)7(10)12/h5H,2-4,8H2,1H3,(H,9,11). The molecule has 0 aromatic heterocycles. The first-order valence-electron chi connectivity index (χ1n) is 3.90. The van der Waals surface area contributed by atoms with Crippen molar-refractivity contribution < 1.29 is 9.59 Å². The van der Waals surface area contributed by atoms with Gasteiger partial charge in [-0.15, -0.1) is 0 Å². The molecule has 0 bridgehead atoms. The molecule has 5 heteroatoms. The summed E-state index contributed by atoms with van der Waals surface area (Å²) in [5, 5.41) is 2.45. The van der Waals surface area contributed by atoms with Crippen molar-refractivity contribution in [1.82, 2.24) is 10.2 Å². The predicted molar refractivity (Wildman–Crippen MR) is 43.2 cm³/mol. The summed E-state index contributed by atoms with van der Waals surface area (Å²) >= 11 is 0. The molecule has 1 aliphatic heterocycles. The number of hydrogen-bond acceptors (Lipinski definition) is 3. The number of hydrogen-bond donors (Lipinski definition) is 2. The van der Waals surface area contributed by atoms with E-state index in [1.54, 1.807) is 7.05 Å². The van der Waals surface area contributed by atoms with E-state index < -0.39 is 6.04 Å². The lowest BCUT2D eigenvalue weighted by Gasteiger charge is -2.13. The van der Waals surface area contributed by atoms with E-state index in [2.05, 4.69) is 5.32 Å². The molecule has 1 rings (SSSR count). The van der Waals surface area contributed by atoms with Gasteiger partial charge in [0.1, 0.15) is 0 Å². The van der Waals surface area contributed by atoms with E-state index in [1.807, 2.05) is 0 Å². The van der Waals surface area contributed by atoms with Gasteiger partial charge in [-0.3, -0.25) is 9.59 Å². The number of nitrogens with one attached hydrogen (secondary N) is 1. The first-order chi connectivity index (χ1) is 5.65. The van der Waals surface area contributed by atoms with Crippen molar-refractivity contribution in [2.24, 2.45) is 5.73 Å².